The van der Waals surface area contributed by atoms with Gasteiger partial charge in [0.25, 0.3) is 15.9 Å². The lowest BCUT2D eigenvalue weighted by molar-refractivity contribution is -0.140. The molecule has 0 heterocycles. The van der Waals surface area contributed by atoms with Crippen LogP contribution in [0.1, 0.15) is 16.7 Å². The second kappa shape index (κ2) is 8.36. The van der Waals surface area contributed by atoms with Gasteiger partial charge in [0, 0.05) is 6.08 Å². The SMILES string of the molecule is O=C(/C=C/c1cccc(S(=O)(=O)Nc2cc(C(F)(F)F)ccc2C(F)(F)F)c1)NO. The lowest BCUT2D eigenvalue weighted by Gasteiger charge is -2.17. The van der Waals surface area contributed by atoms with Crippen molar-refractivity contribution in [3.8, 4) is 0 Å². The normalized spacial score (nSPS) is 12.8. The van der Waals surface area contributed by atoms with Crippen LogP contribution in [0.5, 0.6) is 0 Å². The van der Waals surface area contributed by atoms with E-state index >= 15 is 0 Å². The van der Waals surface area contributed by atoms with Crippen LogP contribution >= 0.6 is 0 Å². The molecule has 0 aliphatic rings. The largest absolute Gasteiger partial charge is 0.418 e. The van der Waals surface area contributed by atoms with E-state index in [0.29, 0.717) is 0 Å². The summed E-state index contributed by atoms with van der Waals surface area (Å²) in [4.78, 5) is 10.4. The Morgan fingerprint density at radius 3 is 2.20 bits per heavy atom. The average Bonchev–Trinajstić information content (AvgIpc) is 2.64. The lowest BCUT2D eigenvalue weighted by Crippen LogP contribution is -2.18. The summed E-state index contributed by atoms with van der Waals surface area (Å²) in [7, 11) is -4.73. The summed E-state index contributed by atoms with van der Waals surface area (Å²) in [5.41, 5.74) is -2.96. The Kier molecular flexibility index (Phi) is 6.47. The number of carbonyl (C=O) groups is 1. The van der Waals surface area contributed by atoms with E-state index in [4.69, 9.17) is 5.21 Å². The van der Waals surface area contributed by atoms with Crippen molar-refractivity contribution in [3.05, 3.63) is 65.2 Å². The molecular formula is C17H12F6N2O4S. The smallest absolute Gasteiger partial charge is 0.288 e. The molecule has 0 spiro atoms. The van der Waals surface area contributed by atoms with Crippen LogP contribution in [-0.4, -0.2) is 19.5 Å². The number of hydrogen-bond donors (Lipinski definition) is 3. The fourth-order valence-electron chi connectivity index (χ4n) is 2.25. The third kappa shape index (κ3) is 5.73. The average molecular weight is 454 g/mol. The summed E-state index contributed by atoms with van der Waals surface area (Å²) in [5.74, 6) is -0.930. The first kappa shape index (κ1) is 23.2. The highest BCUT2D eigenvalue weighted by Gasteiger charge is 2.38. The summed E-state index contributed by atoms with van der Waals surface area (Å²) in [5, 5.41) is 8.40. The summed E-state index contributed by atoms with van der Waals surface area (Å²) in [6.45, 7) is 0. The number of sulfonamides is 1. The Morgan fingerprint density at radius 1 is 0.967 bits per heavy atom. The van der Waals surface area contributed by atoms with Crippen molar-refractivity contribution in [2.45, 2.75) is 17.2 Å². The van der Waals surface area contributed by atoms with Gasteiger partial charge in [0.15, 0.2) is 0 Å². The third-order valence-electron chi connectivity index (χ3n) is 3.60. The maximum atomic E-state index is 13.1. The Morgan fingerprint density at radius 2 is 1.63 bits per heavy atom. The van der Waals surface area contributed by atoms with Crippen LogP contribution in [0, 0.1) is 0 Å². The number of rotatable bonds is 5. The first-order chi connectivity index (χ1) is 13.7. The number of hydroxylamine groups is 1. The van der Waals surface area contributed by atoms with Crippen LogP contribution in [0.4, 0.5) is 32.0 Å². The van der Waals surface area contributed by atoms with Crippen LogP contribution in [0.15, 0.2) is 53.4 Å². The molecule has 0 aromatic heterocycles. The highest BCUT2D eigenvalue weighted by atomic mass is 32.2. The van der Waals surface area contributed by atoms with Crippen LogP contribution < -0.4 is 10.2 Å². The monoisotopic (exact) mass is 454 g/mol. The molecule has 0 aliphatic heterocycles. The molecule has 0 unspecified atom stereocenters. The van der Waals surface area contributed by atoms with Crippen molar-refractivity contribution in [1.82, 2.24) is 5.48 Å². The van der Waals surface area contributed by atoms with Gasteiger partial charge in [-0.15, -0.1) is 0 Å². The van der Waals surface area contributed by atoms with Crippen LogP contribution in [0.3, 0.4) is 0 Å². The molecule has 30 heavy (non-hydrogen) atoms. The molecule has 0 atom stereocenters. The molecule has 1 amide bonds. The van der Waals surface area contributed by atoms with E-state index in [9.17, 15) is 39.6 Å². The van der Waals surface area contributed by atoms with E-state index in [-0.39, 0.29) is 23.8 Å². The number of carbonyl (C=O) groups excluding carboxylic acids is 1. The minimum Gasteiger partial charge on any atom is -0.288 e. The minimum atomic E-state index is -5.12. The zero-order valence-corrected chi connectivity index (χ0v) is 15.4. The van der Waals surface area contributed by atoms with E-state index in [1.807, 2.05) is 0 Å². The highest BCUT2D eigenvalue weighted by Crippen LogP contribution is 2.39. The van der Waals surface area contributed by atoms with Crippen molar-refractivity contribution in [3.63, 3.8) is 0 Å². The van der Waals surface area contributed by atoms with Crippen molar-refractivity contribution < 1.29 is 44.8 Å². The van der Waals surface area contributed by atoms with E-state index < -0.39 is 50.0 Å². The third-order valence-corrected chi connectivity index (χ3v) is 4.97. The number of nitrogens with one attached hydrogen (secondary N) is 2. The van der Waals surface area contributed by atoms with Gasteiger partial charge in [0.1, 0.15) is 0 Å². The Balaban J connectivity index is 2.48. The molecule has 2 aromatic rings. The maximum absolute atomic E-state index is 13.1. The molecular weight excluding hydrogens is 442 g/mol. The van der Waals surface area contributed by atoms with Gasteiger partial charge in [-0.25, -0.2) is 13.9 Å². The zero-order chi connectivity index (χ0) is 22.7. The topological polar surface area (TPSA) is 95.5 Å². The molecule has 0 radical (unpaired) electrons. The minimum absolute atomic E-state index is 0.0513. The lowest BCUT2D eigenvalue weighted by atomic mass is 10.1. The van der Waals surface area contributed by atoms with E-state index in [1.165, 1.54) is 22.3 Å². The first-order valence-corrected chi connectivity index (χ1v) is 9.26. The van der Waals surface area contributed by atoms with Gasteiger partial charge in [-0.1, -0.05) is 12.1 Å². The van der Waals surface area contributed by atoms with Gasteiger partial charge in [-0.2, -0.15) is 26.3 Å². The van der Waals surface area contributed by atoms with Crippen molar-refractivity contribution in [2.24, 2.45) is 0 Å². The van der Waals surface area contributed by atoms with Gasteiger partial charge in [-0.05, 0) is 42.0 Å². The van der Waals surface area contributed by atoms with Gasteiger partial charge >= 0.3 is 12.4 Å². The van der Waals surface area contributed by atoms with Crippen molar-refractivity contribution >= 4 is 27.7 Å². The van der Waals surface area contributed by atoms with Crippen molar-refractivity contribution in [1.29, 1.82) is 0 Å². The second-order valence-electron chi connectivity index (χ2n) is 5.74. The molecule has 0 saturated heterocycles. The number of amides is 1. The fraction of sp³-hybridized carbons (Fsp3) is 0.118. The number of anilines is 1. The molecule has 0 bridgehead atoms. The summed E-state index contributed by atoms with van der Waals surface area (Å²) in [6.07, 6.45) is -8.18. The highest BCUT2D eigenvalue weighted by molar-refractivity contribution is 7.92. The molecule has 2 aromatic carbocycles. The molecule has 3 N–H and O–H groups in total. The van der Waals surface area contributed by atoms with Crippen molar-refractivity contribution in [2.75, 3.05) is 4.72 Å². The van der Waals surface area contributed by atoms with Crippen LogP contribution in [0.25, 0.3) is 6.08 Å². The molecule has 0 aliphatic carbocycles. The number of alkyl halides is 6. The predicted octanol–water partition coefficient (Wildman–Crippen LogP) is 4.04. The summed E-state index contributed by atoms with van der Waals surface area (Å²) < 4.78 is 105. The fourth-order valence-corrected chi connectivity index (χ4v) is 3.38. The maximum Gasteiger partial charge on any atom is 0.418 e. The zero-order valence-electron chi connectivity index (χ0n) is 14.5. The molecule has 6 nitrogen and oxygen atoms in total. The summed E-state index contributed by atoms with van der Waals surface area (Å²) in [6, 6.07) is 4.87. The standard InChI is InChI=1S/C17H12F6N2O4S/c18-16(19,20)11-5-6-13(17(21,22)23)14(9-11)25-30(28,29)12-3-1-2-10(8-12)4-7-15(26)24-27/h1-9,25,27H,(H,24,26)/b7-4+. The molecule has 13 heteroatoms. The quantitative estimate of drug-likeness (QED) is 0.275. The van der Waals surface area contributed by atoms with Gasteiger partial charge in [0.2, 0.25) is 0 Å². The molecule has 0 fully saturated rings. The predicted molar refractivity (Wildman–Crippen MR) is 92.7 cm³/mol. The van der Waals surface area contributed by atoms with Gasteiger partial charge in [0.05, 0.1) is 21.7 Å². The Bertz CT molecular complexity index is 1080. The molecule has 2 rings (SSSR count). The van der Waals surface area contributed by atoms with Crippen LogP contribution in [0.2, 0.25) is 0 Å². The molecule has 162 valence electrons. The Labute approximate surface area is 165 Å². The first-order valence-electron chi connectivity index (χ1n) is 7.77. The molecule has 0 saturated carbocycles. The van der Waals surface area contributed by atoms with Gasteiger partial charge in [-0.3, -0.25) is 14.7 Å². The van der Waals surface area contributed by atoms with E-state index in [2.05, 4.69) is 0 Å². The summed E-state index contributed by atoms with van der Waals surface area (Å²) >= 11 is 0. The van der Waals surface area contributed by atoms with E-state index in [1.54, 1.807) is 0 Å². The van der Waals surface area contributed by atoms with Crippen LogP contribution in [-0.2, 0) is 27.2 Å². The number of benzene rings is 2. The van der Waals surface area contributed by atoms with Gasteiger partial charge < -0.3 is 0 Å². The van der Waals surface area contributed by atoms with E-state index in [0.717, 1.165) is 24.3 Å². The number of halogens is 6. The Hall–Kier alpha value is -3.06. The number of hydrogen-bond acceptors (Lipinski definition) is 4. The second-order valence-corrected chi connectivity index (χ2v) is 7.43.